The smallest absolute Gasteiger partial charge is 0.213 e. The molecule has 1 unspecified atom stereocenters. The summed E-state index contributed by atoms with van der Waals surface area (Å²) in [5.74, 6) is 0.156. The van der Waals surface area contributed by atoms with E-state index in [9.17, 15) is 8.42 Å². The zero-order valence-electron chi connectivity index (χ0n) is 11.4. The van der Waals surface area contributed by atoms with Gasteiger partial charge >= 0.3 is 0 Å². The highest BCUT2D eigenvalue weighted by Gasteiger charge is 2.23. The first-order valence-corrected chi connectivity index (χ1v) is 7.70. The Morgan fingerprint density at radius 2 is 1.88 bits per heavy atom. The Morgan fingerprint density at radius 3 is 2.29 bits per heavy atom. The van der Waals surface area contributed by atoms with E-state index in [0.717, 1.165) is 0 Å². The molecule has 0 aliphatic rings. The minimum absolute atomic E-state index is 0.0147. The molecule has 1 atom stereocenters. The summed E-state index contributed by atoms with van der Waals surface area (Å²) < 4.78 is 30.1. The zero-order chi connectivity index (χ0) is 13.7. The van der Waals surface area contributed by atoms with Crippen molar-refractivity contribution in [2.75, 3.05) is 33.1 Å². The van der Waals surface area contributed by atoms with Gasteiger partial charge in [0.1, 0.15) is 0 Å². The van der Waals surface area contributed by atoms with Gasteiger partial charge in [-0.1, -0.05) is 20.8 Å². The number of rotatable bonds is 7. The minimum Gasteiger partial charge on any atom is -0.383 e. The first-order valence-electron chi connectivity index (χ1n) is 5.65. The van der Waals surface area contributed by atoms with Gasteiger partial charge < -0.3 is 4.74 Å². The summed E-state index contributed by atoms with van der Waals surface area (Å²) in [7, 11) is -0.110. The quantitative estimate of drug-likeness (QED) is 0.672. The lowest BCUT2D eigenvalue weighted by Crippen LogP contribution is -2.36. The molecule has 0 saturated carbocycles. The molecule has 0 aromatic carbocycles. The zero-order valence-corrected chi connectivity index (χ0v) is 12.9. The van der Waals surface area contributed by atoms with E-state index in [4.69, 9.17) is 16.3 Å². The molecule has 0 heterocycles. The maximum Gasteiger partial charge on any atom is 0.213 e. The lowest BCUT2D eigenvalue weighted by Gasteiger charge is -2.23. The van der Waals surface area contributed by atoms with Crippen LogP contribution in [0, 0.1) is 5.41 Å². The van der Waals surface area contributed by atoms with Crippen molar-refractivity contribution in [3.8, 4) is 0 Å². The third kappa shape index (κ3) is 7.97. The molecule has 0 aromatic rings. The Morgan fingerprint density at radius 1 is 1.35 bits per heavy atom. The van der Waals surface area contributed by atoms with Crippen LogP contribution in [0.25, 0.3) is 0 Å². The molecule has 0 saturated heterocycles. The number of methoxy groups -OCH3 is 1. The predicted octanol–water partition coefficient (Wildman–Crippen LogP) is 1.94. The van der Waals surface area contributed by atoms with E-state index in [1.54, 1.807) is 14.2 Å². The molecular formula is C11H24ClNO3S. The molecule has 17 heavy (non-hydrogen) atoms. The summed E-state index contributed by atoms with van der Waals surface area (Å²) in [6.45, 7) is 6.70. The maximum atomic E-state index is 11.9. The molecule has 0 aliphatic heterocycles. The lowest BCUT2D eigenvalue weighted by atomic mass is 9.94. The second kappa shape index (κ2) is 6.92. The number of hydrogen-bond donors (Lipinski definition) is 0. The van der Waals surface area contributed by atoms with E-state index in [1.807, 2.05) is 20.8 Å². The molecule has 4 nitrogen and oxygen atoms in total. The van der Waals surface area contributed by atoms with Gasteiger partial charge in [0.15, 0.2) is 0 Å². The Bertz CT molecular complexity index is 311. The van der Waals surface area contributed by atoms with Gasteiger partial charge in [-0.15, -0.1) is 11.6 Å². The molecule has 0 bridgehead atoms. The molecule has 0 aromatic heterocycles. The van der Waals surface area contributed by atoms with E-state index in [2.05, 4.69) is 0 Å². The molecule has 104 valence electrons. The van der Waals surface area contributed by atoms with E-state index in [1.165, 1.54) is 4.31 Å². The van der Waals surface area contributed by atoms with Crippen LogP contribution >= 0.6 is 11.6 Å². The van der Waals surface area contributed by atoms with E-state index in [0.29, 0.717) is 13.0 Å². The molecule has 0 N–H and O–H groups in total. The average molecular weight is 286 g/mol. The summed E-state index contributed by atoms with van der Waals surface area (Å²) in [6.07, 6.45) is 0.636. The van der Waals surface area contributed by atoms with Crippen LogP contribution in [0.3, 0.4) is 0 Å². The van der Waals surface area contributed by atoms with Crippen molar-refractivity contribution < 1.29 is 13.2 Å². The number of halogens is 1. The Labute approximate surface area is 110 Å². The van der Waals surface area contributed by atoms with Crippen LogP contribution in [0.1, 0.15) is 27.2 Å². The Balaban J connectivity index is 4.31. The fraction of sp³-hybridized carbons (Fsp3) is 1.00. The minimum atomic E-state index is -3.21. The highest BCUT2D eigenvalue weighted by Crippen LogP contribution is 2.20. The number of ether oxygens (including phenoxy) is 1. The topological polar surface area (TPSA) is 46.6 Å². The van der Waals surface area contributed by atoms with Crippen molar-refractivity contribution >= 4 is 21.6 Å². The van der Waals surface area contributed by atoms with Gasteiger partial charge in [0.05, 0.1) is 17.7 Å². The molecule has 0 spiro atoms. The maximum absolute atomic E-state index is 11.9. The second-order valence-electron chi connectivity index (χ2n) is 5.46. The van der Waals surface area contributed by atoms with Gasteiger partial charge in [-0.25, -0.2) is 12.7 Å². The molecule has 6 heteroatoms. The van der Waals surface area contributed by atoms with Gasteiger partial charge in [-0.05, 0) is 11.8 Å². The van der Waals surface area contributed by atoms with Crippen LogP contribution in [0.5, 0.6) is 0 Å². The van der Waals surface area contributed by atoms with E-state index in [-0.39, 0.29) is 23.1 Å². The highest BCUT2D eigenvalue weighted by atomic mass is 35.5. The van der Waals surface area contributed by atoms with Crippen LogP contribution in [0.4, 0.5) is 0 Å². The first kappa shape index (κ1) is 17.2. The standard InChI is InChI=1S/C11H24ClNO3S/c1-11(2,3)6-7-17(14,15)13(4)8-10(12)9-16-5/h10H,6-9H2,1-5H3. The fourth-order valence-corrected chi connectivity index (χ4v) is 3.22. The van der Waals surface area contributed by atoms with Gasteiger partial charge in [0.2, 0.25) is 10.0 Å². The molecular weight excluding hydrogens is 262 g/mol. The van der Waals surface area contributed by atoms with Crippen molar-refractivity contribution in [3.63, 3.8) is 0 Å². The van der Waals surface area contributed by atoms with Crippen molar-refractivity contribution in [3.05, 3.63) is 0 Å². The summed E-state index contributed by atoms with van der Waals surface area (Å²) in [4.78, 5) is 0. The lowest BCUT2D eigenvalue weighted by molar-refractivity contribution is 0.192. The average Bonchev–Trinajstić information content (AvgIpc) is 2.14. The van der Waals surface area contributed by atoms with Gasteiger partial charge in [-0.3, -0.25) is 0 Å². The second-order valence-corrected chi connectivity index (χ2v) is 8.27. The summed E-state index contributed by atoms with van der Waals surface area (Å²) in [5.41, 5.74) is 0.0147. The Hall–Kier alpha value is 0.160. The first-order chi connectivity index (χ1) is 7.58. The van der Waals surface area contributed by atoms with Gasteiger partial charge in [0, 0.05) is 20.7 Å². The molecule has 0 amide bonds. The van der Waals surface area contributed by atoms with Crippen LogP contribution < -0.4 is 0 Å². The van der Waals surface area contributed by atoms with Gasteiger partial charge in [0.25, 0.3) is 0 Å². The largest absolute Gasteiger partial charge is 0.383 e. The van der Waals surface area contributed by atoms with Crippen LogP contribution in [0.15, 0.2) is 0 Å². The summed E-state index contributed by atoms with van der Waals surface area (Å²) >= 11 is 5.94. The third-order valence-corrected chi connectivity index (χ3v) is 4.47. The number of alkyl halides is 1. The normalized spacial score (nSPS) is 15.2. The number of hydrogen-bond acceptors (Lipinski definition) is 3. The van der Waals surface area contributed by atoms with Crippen LogP contribution in [0.2, 0.25) is 0 Å². The summed E-state index contributed by atoms with van der Waals surface area (Å²) in [6, 6.07) is 0. The van der Waals surface area contributed by atoms with Gasteiger partial charge in [-0.2, -0.15) is 0 Å². The van der Waals surface area contributed by atoms with Crippen molar-refractivity contribution in [1.82, 2.24) is 4.31 Å². The molecule has 0 aliphatic carbocycles. The third-order valence-electron chi connectivity index (χ3n) is 2.39. The van der Waals surface area contributed by atoms with Crippen molar-refractivity contribution in [1.29, 1.82) is 0 Å². The monoisotopic (exact) mass is 285 g/mol. The number of sulfonamides is 1. The molecule has 0 rings (SSSR count). The number of nitrogens with zero attached hydrogens (tertiary/aromatic N) is 1. The van der Waals surface area contributed by atoms with Crippen LogP contribution in [-0.4, -0.2) is 51.2 Å². The predicted molar refractivity (Wildman–Crippen MR) is 72.0 cm³/mol. The van der Waals surface area contributed by atoms with Crippen molar-refractivity contribution in [2.45, 2.75) is 32.6 Å². The SMILES string of the molecule is COCC(Cl)CN(C)S(=O)(=O)CCC(C)(C)C. The molecule has 0 fully saturated rings. The fourth-order valence-electron chi connectivity index (χ4n) is 1.22. The molecule has 0 radical (unpaired) electrons. The van der Waals surface area contributed by atoms with Crippen LogP contribution in [-0.2, 0) is 14.8 Å². The Kier molecular flexibility index (Phi) is 6.99. The highest BCUT2D eigenvalue weighted by molar-refractivity contribution is 7.89. The van der Waals surface area contributed by atoms with Crippen molar-refractivity contribution in [2.24, 2.45) is 5.41 Å². The van der Waals surface area contributed by atoms with E-state index < -0.39 is 10.0 Å². The van der Waals surface area contributed by atoms with E-state index >= 15 is 0 Å². The summed E-state index contributed by atoms with van der Waals surface area (Å²) in [5, 5.41) is -0.311.